The van der Waals surface area contributed by atoms with E-state index in [1.165, 1.54) is 43.6 Å². The van der Waals surface area contributed by atoms with Crippen LogP contribution in [0.5, 0.6) is 0 Å². The average Bonchev–Trinajstić information content (AvgIpc) is 2.96. The Balaban J connectivity index is 1.79. The molecule has 3 atom stereocenters. The molecule has 0 spiro atoms. The van der Waals surface area contributed by atoms with Gasteiger partial charge in [0, 0.05) is 25.2 Å². The quantitative estimate of drug-likeness (QED) is 0.843. The van der Waals surface area contributed by atoms with Gasteiger partial charge in [0.25, 0.3) is 0 Å². The molecule has 2 fully saturated rings. The number of aryl methyl sites for hydroxylation is 2. The average molecular weight is 260 g/mol. The van der Waals surface area contributed by atoms with Crippen LogP contribution >= 0.6 is 0 Å². The van der Waals surface area contributed by atoms with Gasteiger partial charge in [-0.2, -0.15) is 5.10 Å². The zero-order valence-electron chi connectivity index (χ0n) is 12.0. The predicted molar refractivity (Wildman–Crippen MR) is 77.8 cm³/mol. The molecule has 3 aliphatic rings. The first-order valence-corrected chi connectivity index (χ1v) is 7.89. The minimum atomic E-state index is 0.696. The van der Waals surface area contributed by atoms with Crippen LogP contribution in [0.2, 0.25) is 0 Å². The van der Waals surface area contributed by atoms with Gasteiger partial charge in [-0.25, -0.2) is 4.68 Å². The topological polar surface area (TPSA) is 33.1 Å². The summed E-state index contributed by atoms with van der Waals surface area (Å²) in [6.07, 6.45) is 7.05. The van der Waals surface area contributed by atoms with Gasteiger partial charge >= 0.3 is 0 Å². The lowest BCUT2D eigenvalue weighted by atomic mass is 9.85. The van der Waals surface area contributed by atoms with Gasteiger partial charge in [0.15, 0.2) is 5.82 Å². The first-order chi connectivity index (χ1) is 9.29. The van der Waals surface area contributed by atoms with Crippen molar-refractivity contribution in [3.63, 3.8) is 0 Å². The minimum Gasteiger partial charge on any atom is -0.378 e. The van der Waals surface area contributed by atoms with Crippen LogP contribution in [0.3, 0.4) is 0 Å². The Morgan fingerprint density at radius 1 is 1.32 bits per heavy atom. The van der Waals surface area contributed by atoms with Crippen molar-refractivity contribution < 1.29 is 0 Å². The molecule has 1 saturated carbocycles. The maximum absolute atomic E-state index is 4.72. The van der Waals surface area contributed by atoms with E-state index >= 15 is 0 Å². The van der Waals surface area contributed by atoms with Crippen molar-refractivity contribution >= 4 is 11.5 Å². The van der Waals surface area contributed by atoms with Crippen molar-refractivity contribution in [1.82, 2.24) is 9.78 Å². The van der Waals surface area contributed by atoms with Crippen molar-refractivity contribution in [3.05, 3.63) is 5.69 Å². The van der Waals surface area contributed by atoms with Crippen LogP contribution in [-0.4, -0.2) is 28.4 Å². The third-order valence-corrected chi connectivity index (χ3v) is 5.35. The Morgan fingerprint density at radius 3 is 3.00 bits per heavy atom. The summed E-state index contributed by atoms with van der Waals surface area (Å²) in [5, 5.41) is 8.36. The second kappa shape index (κ2) is 4.15. The van der Waals surface area contributed by atoms with Gasteiger partial charge in [-0.15, -0.1) is 0 Å². The van der Waals surface area contributed by atoms with Crippen molar-refractivity contribution in [3.8, 4) is 0 Å². The molecule has 1 aromatic heterocycles. The molecule has 4 rings (SSSR count). The zero-order chi connectivity index (χ0) is 13.0. The van der Waals surface area contributed by atoms with Crippen LogP contribution < -0.4 is 10.2 Å². The van der Waals surface area contributed by atoms with Crippen LogP contribution in [0.4, 0.5) is 11.5 Å². The molecular weight excluding hydrogens is 236 g/mol. The Kier molecular flexibility index (Phi) is 2.54. The van der Waals surface area contributed by atoms with E-state index < -0.39 is 0 Å². The standard InChI is InChI=1S/C15H24N4/c1-3-18-15-14(10(2)17-18)16-9-12-8-11-6-4-5-7-13(11)19(12)15/h11-13,16H,3-9H2,1-2H3. The van der Waals surface area contributed by atoms with E-state index in [0.29, 0.717) is 6.04 Å². The van der Waals surface area contributed by atoms with Crippen LogP contribution in [0.1, 0.15) is 44.7 Å². The highest BCUT2D eigenvalue weighted by Gasteiger charge is 2.46. The monoisotopic (exact) mass is 260 g/mol. The number of anilines is 2. The van der Waals surface area contributed by atoms with E-state index in [0.717, 1.165) is 30.7 Å². The van der Waals surface area contributed by atoms with Gasteiger partial charge in [0.2, 0.25) is 0 Å². The van der Waals surface area contributed by atoms with Gasteiger partial charge in [-0.3, -0.25) is 0 Å². The molecule has 0 amide bonds. The molecule has 1 N–H and O–H groups in total. The first kappa shape index (κ1) is 11.6. The summed E-state index contributed by atoms with van der Waals surface area (Å²) >= 11 is 0. The number of nitrogens with one attached hydrogen (secondary N) is 1. The molecule has 4 nitrogen and oxygen atoms in total. The zero-order valence-corrected chi connectivity index (χ0v) is 12.0. The third kappa shape index (κ3) is 1.55. The summed E-state index contributed by atoms with van der Waals surface area (Å²) in [6, 6.07) is 1.47. The van der Waals surface area contributed by atoms with E-state index in [-0.39, 0.29) is 0 Å². The van der Waals surface area contributed by atoms with Crippen molar-refractivity contribution in [2.75, 3.05) is 16.8 Å². The molecule has 0 bridgehead atoms. The lowest BCUT2D eigenvalue weighted by Crippen LogP contribution is -2.45. The Morgan fingerprint density at radius 2 is 2.16 bits per heavy atom. The minimum absolute atomic E-state index is 0.696. The molecule has 1 aliphatic carbocycles. The molecule has 4 heteroatoms. The van der Waals surface area contributed by atoms with Crippen molar-refractivity contribution in [2.45, 2.75) is 64.6 Å². The maximum Gasteiger partial charge on any atom is 0.151 e. The van der Waals surface area contributed by atoms with Gasteiger partial charge < -0.3 is 10.2 Å². The van der Waals surface area contributed by atoms with E-state index in [4.69, 9.17) is 5.10 Å². The maximum atomic E-state index is 4.72. The molecule has 2 aliphatic heterocycles. The van der Waals surface area contributed by atoms with Crippen molar-refractivity contribution in [2.24, 2.45) is 5.92 Å². The van der Waals surface area contributed by atoms with Crippen LogP contribution in [0, 0.1) is 12.8 Å². The number of nitrogens with zero attached hydrogens (tertiary/aromatic N) is 3. The molecule has 3 heterocycles. The molecule has 1 saturated heterocycles. The molecule has 19 heavy (non-hydrogen) atoms. The van der Waals surface area contributed by atoms with E-state index in [1.54, 1.807) is 0 Å². The highest BCUT2D eigenvalue weighted by molar-refractivity contribution is 5.73. The largest absolute Gasteiger partial charge is 0.378 e. The normalized spacial score (nSPS) is 32.5. The number of hydrogen-bond acceptors (Lipinski definition) is 3. The lowest BCUT2D eigenvalue weighted by Gasteiger charge is -2.39. The predicted octanol–water partition coefficient (Wildman–Crippen LogP) is 2.77. The third-order valence-electron chi connectivity index (χ3n) is 5.35. The van der Waals surface area contributed by atoms with Gasteiger partial charge in [0.05, 0.1) is 5.69 Å². The number of fused-ring (bicyclic) bond motifs is 5. The summed E-state index contributed by atoms with van der Waals surface area (Å²) < 4.78 is 2.21. The highest BCUT2D eigenvalue weighted by Crippen LogP contribution is 2.47. The van der Waals surface area contributed by atoms with E-state index in [2.05, 4.69) is 28.7 Å². The van der Waals surface area contributed by atoms with Crippen LogP contribution in [0.15, 0.2) is 0 Å². The molecule has 104 valence electrons. The number of rotatable bonds is 1. The van der Waals surface area contributed by atoms with Crippen LogP contribution in [-0.2, 0) is 6.54 Å². The fraction of sp³-hybridized carbons (Fsp3) is 0.800. The summed E-state index contributed by atoms with van der Waals surface area (Å²) in [5.74, 6) is 2.30. The number of aromatic nitrogens is 2. The van der Waals surface area contributed by atoms with E-state index in [1.807, 2.05) is 0 Å². The highest BCUT2D eigenvalue weighted by atomic mass is 15.4. The summed E-state index contributed by atoms with van der Waals surface area (Å²) in [7, 11) is 0. The van der Waals surface area contributed by atoms with Gasteiger partial charge in [0.1, 0.15) is 5.69 Å². The Hall–Kier alpha value is -1.19. The Bertz CT molecular complexity index is 493. The smallest absolute Gasteiger partial charge is 0.151 e. The lowest BCUT2D eigenvalue weighted by molar-refractivity contribution is 0.340. The van der Waals surface area contributed by atoms with Crippen molar-refractivity contribution in [1.29, 1.82) is 0 Å². The first-order valence-electron chi connectivity index (χ1n) is 7.89. The van der Waals surface area contributed by atoms with Crippen LogP contribution in [0.25, 0.3) is 0 Å². The number of hydrogen-bond donors (Lipinski definition) is 1. The fourth-order valence-corrected chi connectivity index (χ4v) is 4.55. The summed E-state index contributed by atoms with van der Waals surface area (Å²) in [4.78, 5) is 2.74. The molecule has 0 aromatic carbocycles. The SMILES string of the molecule is CCn1nc(C)c2c1N1C(CN2)CC2CCCCC21. The second-order valence-corrected chi connectivity index (χ2v) is 6.39. The second-order valence-electron chi connectivity index (χ2n) is 6.39. The molecule has 3 unspecified atom stereocenters. The molecular formula is C15H24N4. The Labute approximate surface area is 115 Å². The summed E-state index contributed by atoms with van der Waals surface area (Å²) in [6.45, 7) is 6.41. The molecule has 0 radical (unpaired) electrons. The van der Waals surface area contributed by atoms with Gasteiger partial charge in [-0.05, 0) is 39.0 Å². The van der Waals surface area contributed by atoms with Gasteiger partial charge in [-0.1, -0.05) is 12.8 Å². The fourth-order valence-electron chi connectivity index (χ4n) is 4.55. The summed E-state index contributed by atoms with van der Waals surface area (Å²) in [5.41, 5.74) is 2.46. The van der Waals surface area contributed by atoms with E-state index in [9.17, 15) is 0 Å². The molecule has 1 aromatic rings.